The monoisotopic (exact) mass is 356 g/mol. The molecule has 1 saturated heterocycles. The number of benzene rings is 1. The van der Waals surface area contributed by atoms with Crippen molar-refractivity contribution in [1.82, 2.24) is 9.62 Å². The quantitative estimate of drug-likeness (QED) is 0.812. The van der Waals surface area contributed by atoms with Crippen LogP contribution in [0.3, 0.4) is 0 Å². The average Bonchev–Trinajstić information content (AvgIpc) is 2.88. The molecule has 1 aliphatic heterocycles. The second-order valence-electron chi connectivity index (χ2n) is 6.47. The fourth-order valence-corrected chi connectivity index (χ4v) is 4.02. The van der Waals surface area contributed by atoms with Gasteiger partial charge in [0, 0.05) is 25.6 Å². The van der Waals surface area contributed by atoms with E-state index in [-0.39, 0.29) is 23.7 Å². The molecule has 0 aromatic heterocycles. The number of carbonyl (C=O) groups excluding carboxylic acids is 1. The minimum Gasteiger partial charge on any atom is -0.341 e. The number of amides is 1. The fraction of sp³-hybridized carbons (Fsp3) is 0.588. The van der Waals surface area contributed by atoms with Crippen molar-refractivity contribution in [1.29, 1.82) is 0 Å². The van der Waals surface area contributed by atoms with Crippen LogP contribution in [0.5, 0.6) is 0 Å². The molecule has 1 aromatic rings. The van der Waals surface area contributed by atoms with Crippen LogP contribution in [0.2, 0.25) is 0 Å². The molecule has 0 spiro atoms. The smallest absolute Gasteiger partial charge is 0.222 e. The van der Waals surface area contributed by atoms with E-state index in [4.69, 9.17) is 0 Å². The van der Waals surface area contributed by atoms with Crippen LogP contribution >= 0.6 is 0 Å². The van der Waals surface area contributed by atoms with E-state index in [9.17, 15) is 17.6 Å². The first-order chi connectivity index (χ1) is 11.3. The second-order valence-corrected chi connectivity index (χ2v) is 8.25. The lowest BCUT2D eigenvalue weighted by atomic mass is 9.99. The number of likely N-dealkylation sites (tertiary alicyclic amines) is 1. The minimum absolute atomic E-state index is 0.0122. The molecule has 5 nitrogen and oxygen atoms in total. The molecule has 0 saturated carbocycles. The van der Waals surface area contributed by atoms with Crippen molar-refractivity contribution in [2.75, 3.05) is 19.3 Å². The third-order valence-electron chi connectivity index (χ3n) is 4.36. The van der Waals surface area contributed by atoms with E-state index in [1.165, 1.54) is 12.1 Å². The number of hydrogen-bond donors (Lipinski definition) is 1. The van der Waals surface area contributed by atoms with Crippen LogP contribution in [-0.2, 0) is 21.2 Å². The maximum atomic E-state index is 12.9. The Morgan fingerprint density at radius 1 is 1.29 bits per heavy atom. The summed E-state index contributed by atoms with van der Waals surface area (Å²) in [7, 11) is -3.29. The number of halogens is 1. The molecular formula is C17H25FN2O3S. The van der Waals surface area contributed by atoms with Gasteiger partial charge in [0.05, 0.1) is 6.26 Å². The number of aryl methyl sites for hydroxylation is 1. The summed E-state index contributed by atoms with van der Waals surface area (Å²) in [5.74, 6) is -0.126. The predicted octanol–water partition coefficient (Wildman–Crippen LogP) is 1.93. The third kappa shape index (κ3) is 5.56. The largest absolute Gasteiger partial charge is 0.341 e. The van der Waals surface area contributed by atoms with E-state index in [0.717, 1.165) is 24.7 Å². The van der Waals surface area contributed by atoms with Gasteiger partial charge in [0.15, 0.2) is 0 Å². The highest BCUT2D eigenvalue weighted by Gasteiger charge is 2.35. The molecule has 1 aliphatic rings. The third-order valence-corrected chi connectivity index (χ3v) is 5.09. The van der Waals surface area contributed by atoms with Gasteiger partial charge in [0.1, 0.15) is 5.82 Å². The lowest BCUT2D eigenvalue weighted by Crippen LogP contribution is -2.40. The van der Waals surface area contributed by atoms with Crippen molar-refractivity contribution >= 4 is 15.9 Å². The van der Waals surface area contributed by atoms with Crippen molar-refractivity contribution < 1.29 is 17.6 Å². The van der Waals surface area contributed by atoms with E-state index < -0.39 is 10.0 Å². The van der Waals surface area contributed by atoms with E-state index in [1.54, 1.807) is 17.0 Å². The summed E-state index contributed by atoms with van der Waals surface area (Å²) in [5, 5.41) is 0. The van der Waals surface area contributed by atoms with Gasteiger partial charge in [-0.3, -0.25) is 4.79 Å². The minimum atomic E-state index is -3.29. The SMILES string of the molecule is CCC[C@H]1CN(C(=O)CCc2ccc(F)cc2)C[C@@H]1NS(C)(=O)=O. The number of nitrogens with zero attached hydrogens (tertiary/aromatic N) is 1. The molecule has 1 N–H and O–H groups in total. The molecule has 1 aromatic carbocycles. The standard InChI is InChI=1S/C17H25FN2O3S/c1-3-4-14-11-20(12-16(14)19-24(2,22)23)17(21)10-7-13-5-8-15(18)9-6-13/h5-6,8-9,14,16,19H,3-4,7,10-12H2,1-2H3/t14-,16-/m0/s1. The first-order valence-corrected chi connectivity index (χ1v) is 10.2. The molecule has 2 rings (SSSR count). The number of carbonyl (C=O) groups is 1. The van der Waals surface area contributed by atoms with E-state index in [0.29, 0.717) is 25.9 Å². The van der Waals surface area contributed by atoms with Crippen LogP contribution < -0.4 is 4.72 Å². The summed E-state index contributed by atoms with van der Waals surface area (Å²) < 4.78 is 38.6. The van der Waals surface area contributed by atoms with Crippen molar-refractivity contribution in [3.63, 3.8) is 0 Å². The van der Waals surface area contributed by atoms with Gasteiger partial charge in [-0.25, -0.2) is 17.5 Å². The Hall–Kier alpha value is -1.47. The zero-order chi connectivity index (χ0) is 17.7. The van der Waals surface area contributed by atoms with Gasteiger partial charge in [-0.15, -0.1) is 0 Å². The molecule has 134 valence electrons. The van der Waals surface area contributed by atoms with Crippen LogP contribution in [0.1, 0.15) is 31.7 Å². The normalized spacial score (nSPS) is 21.2. The topological polar surface area (TPSA) is 66.5 Å². The summed E-state index contributed by atoms with van der Waals surface area (Å²) in [4.78, 5) is 14.2. The van der Waals surface area contributed by atoms with Gasteiger partial charge in [-0.05, 0) is 36.5 Å². The molecule has 0 radical (unpaired) electrons. The highest BCUT2D eigenvalue weighted by molar-refractivity contribution is 7.88. The number of sulfonamides is 1. The van der Waals surface area contributed by atoms with Crippen LogP contribution in [-0.4, -0.2) is 44.6 Å². The second kappa shape index (κ2) is 8.07. The maximum absolute atomic E-state index is 12.9. The molecule has 7 heteroatoms. The van der Waals surface area contributed by atoms with Crippen LogP contribution in [0.25, 0.3) is 0 Å². The van der Waals surface area contributed by atoms with Gasteiger partial charge >= 0.3 is 0 Å². The van der Waals surface area contributed by atoms with Gasteiger partial charge < -0.3 is 4.90 Å². The van der Waals surface area contributed by atoms with Gasteiger partial charge in [0.25, 0.3) is 0 Å². The first kappa shape index (κ1) is 18.9. The Balaban J connectivity index is 1.93. The summed E-state index contributed by atoms with van der Waals surface area (Å²) in [6.45, 7) is 3.06. The molecule has 0 bridgehead atoms. The lowest BCUT2D eigenvalue weighted by Gasteiger charge is -2.17. The van der Waals surface area contributed by atoms with Crippen LogP contribution in [0.4, 0.5) is 4.39 Å². The average molecular weight is 356 g/mol. The van der Waals surface area contributed by atoms with Gasteiger partial charge in [-0.1, -0.05) is 25.5 Å². The predicted molar refractivity (Wildman–Crippen MR) is 91.5 cm³/mol. The highest BCUT2D eigenvalue weighted by Crippen LogP contribution is 2.23. The van der Waals surface area contributed by atoms with Crippen molar-refractivity contribution in [3.8, 4) is 0 Å². The van der Waals surface area contributed by atoms with Crippen LogP contribution in [0.15, 0.2) is 24.3 Å². The van der Waals surface area contributed by atoms with Crippen molar-refractivity contribution in [2.24, 2.45) is 5.92 Å². The summed E-state index contributed by atoms with van der Waals surface area (Å²) in [6, 6.07) is 5.92. The highest BCUT2D eigenvalue weighted by atomic mass is 32.2. The molecule has 1 heterocycles. The van der Waals surface area contributed by atoms with E-state index >= 15 is 0 Å². The Kier molecular flexibility index (Phi) is 6.34. The summed E-state index contributed by atoms with van der Waals surface area (Å²) in [6.07, 6.45) is 3.88. The Morgan fingerprint density at radius 3 is 2.54 bits per heavy atom. The van der Waals surface area contributed by atoms with E-state index in [1.807, 2.05) is 0 Å². The molecule has 0 unspecified atom stereocenters. The lowest BCUT2D eigenvalue weighted by molar-refractivity contribution is -0.130. The molecule has 2 atom stereocenters. The molecule has 0 aliphatic carbocycles. The molecule has 1 amide bonds. The Bertz CT molecular complexity index is 661. The van der Waals surface area contributed by atoms with E-state index in [2.05, 4.69) is 11.6 Å². The first-order valence-electron chi connectivity index (χ1n) is 8.28. The van der Waals surface area contributed by atoms with Crippen LogP contribution in [0, 0.1) is 11.7 Å². The zero-order valence-electron chi connectivity index (χ0n) is 14.2. The Morgan fingerprint density at radius 2 is 1.96 bits per heavy atom. The van der Waals surface area contributed by atoms with Gasteiger partial charge in [-0.2, -0.15) is 0 Å². The number of nitrogens with one attached hydrogen (secondary N) is 1. The Labute approximate surface area is 143 Å². The zero-order valence-corrected chi connectivity index (χ0v) is 15.0. The number of rotatable bonds is 7. The fourth-order valence-electron chi connectivity index (χ4n) is 3.21. The number of hydrogen-bond acceptors (Lipinski definition) is 3. The van der Waals surface area contributed by atoms with Crippen molar-refractivity contribution in [3.05, 3.63) is 35.6 Å². The molecule has 24 heavy (non-hydrogen) atoms. The molecule has 1 fully saturated rings. The summed E-state index contributed by atoms with van der Waals surface area (Å²) >= 11 is 0. The van der Waals surface area contributed by atoms with Gasteiger partial charge in [0.2, 0.25) is 15.9 Å². The summed E-state index contributed by atoms with van der Waals surface area (Å²) in [5.41, 5.74) is 0.917. The maximum Gasteiger partial charge on any atom is 0.222 e. The molecular weight excluding hydrogens is 331 g/mol. The van der Waals surface area contributed by atoms with Crippen molar-refractivity contribution in [2.45, 2.75) is 38.6 Å².